The van der Waals surface area contributed by atoms with Gasteiger partial charge in [-0.05, 0) is 6.92 Å². The smallest absolute Gasteiger partial charge is 0.0351 e. The first-order valence-electron chi connectivity index (χ1n) is 16.0. The zero-order valence-corrected chi connectivity index (χ0v) is 32.7. The van der Waals surface area contributed by atoms with E-state index in [-0.39, 0.29) is 0 Å². The topological polar surface area (TPSA) is 18.5 Å². The van der Waals surface area contributed by atoms with E-state index >= 15 is 0 Å². The van der Waals surface area contributed by atoms with Crippen molar-refractivity contribution in [3.05, 3.63) is 72.3 Å². The second-order valence-electron chi connectivity index (χ2n) is 3.63. The number of rotatable bonds is 0. The molecule has 2 aromatic carbocycles. The molecule has 0 unspecified atom stereocenters. The molecule has 0 amide bonds. The van der Waals surface area contributed by atoms with Gasteiger partial charge in [0.2, 0.25) is 0 Å². The first kappa shape index (κ1) is 76.8. The summed E-state index contributed by atoms with van der Waals surface area (Å²) in [5.74, 6) is 0. The van der Waals surface area contributed by atoms with E-state index in [1.807, 2.05) is 193 Å². The molecule has 2 nitrogen and oxygen atoms in total. The minimum atomic E-state index is 1.32. The van der Waals surface area contributed by atoms with Gasteiger partial charge in [-0.3, -0.25) is 0 Å². The molecule has 0 saturated heterocycles. The Balaban J connectivity index is -0.0000000211. The van der Waals surface area contributed by atoms with Gasteiger partial charge in [-0.15, -0.1) is 0 Å². The lowest BCUT2D eigenvalue weighted by Gasteiger charge is -1.82. The Morgan fingerprint density at radius 2 is 0.385 bits per heavy atom. The highest BCUT2D eigenvalue weighted by Gasteiger charge is 1.72. The van der Waals surface area contributed by atoms with Gasteiger partial charge in [0.1, 0.15) is 0 Å². The van der Waals surface area contributed by atoms with Gasteiger partial charge < -0.3 is 9.47 Å². The summed E-state index contributed by atoms with van der Waals surface area (Å²) < 4.78 is 8.50. The summed E-state index contributed by atoms with van der Waals surface area (Å²) >= 11 is 0. The van der Waals surface area contributed by atoms with Crippen molar-refractivity contribution in [1.82, 2.24) is 0 Å². The van der Waals surface area contributed by atoms with Crippen LogP contribution in [0.3, 0.4) is 0 Å². The number of methoxy groups -OCH3 is 2. The van der Waals surface area contributed by atoms with Crippen LogP contribution < -0.4 is 0 Å². The molecule has 0 aliphatic heterocycles. The van der Waals surface area contributed by atoms with E-state index in [4.69, 9.17) is 0 Å². The summed E-state index contributed by atoms with van der Waals surface area (Å²) in [4.78, 5) is 0. The monoisotopic (exact) mass is 563 g/mol. The molecule has 0 spiro atoms. The molecule has 246 valence electrons. The highest BCUT2D eigenvalue weighted by Crippen LogP contribution is 1.92. The van der Waals surface area contributed by atoms with Gasteiger partial charge in [0.05, 0.1) is 0 Å². The third-order valence-corrected chi connectivity index (χ3v) is 1.61. The van der Waals surface area contributed by atoms with Crippen LogP contribution in [0.4, 0.5) is 0 Å². The standard InChI is InChI=1S/C7H8.C6H6.2C2H6O.10C2H6/c1-7-5-3-2-4-6-7;1-2-4-6-5-3-1;2*1-3-2;10*1-2/h2-6H,1H3;1-6H;2*1-2H3;10*1-2H3. The Morgan fingerprint density at radius 3 is 0.462 bits per heavy atom. The van der Waals surface area contributed by atoms with Crippen LogP contribution >= 0.6 is 0 Å². The summed E-state index contributed by atoms with van der Waals surface area (Å²) in [6.07, 6.45) is 0. The molecular formula is C37H86O2. The van der Waals surface area contributed by atoms with Crippen LogP contribution in [0.15, 0.2) is 66.7 Å². The van der Waals surface area contributed by atoms with E-state index < -0.39 is 0 Å². The molecule has 0 atom stereocenters. The van der Waals surface area contributed by atoms with Crippen molar-refractivity contribution in [2.45, 2.75) is 145 Å². The van der Waals surface area contributed by atoms with Crippen molar-refractivity contribution in [2.75, 3.05) is 28.4 Å². The Labute approximate surface area is 255 Å². The minimum absolute atomic E-state index is 1.32. The summed E-state index contributed by atoms with van der Waals surface area (Å²) in [6, 6.07) is 22.3. The summed E-state index contributed by atoms with van der Waals surface area (Å²) in [7, 11) is 6.50. The summed E-state index contributed by atoms with van der Waals surface area (Å²) in [5, 5.41) is 0. The lowest BCUT2D eigenvalue weighted by atomic mass is 10.2. The van der Waals surface area contributed by atoms with Gasteiger partial charge in [0.15, 0.2) is 0 Å². The second-order valence-corrected chi connectivity index (χ2v) is 3.63. The van der Waals surface area contributed by atoms with E-state index in [0.717, 1.165) is 0 Å². The first-order valence-corrected chi connectivity index (χ1v) is 16.0. The first-order chi connectivity index (χ1) is 19.2. The van der Waals surface area contributed by atoms with E-state index in [1.54, 1.807) is 28.4 Å². The van der Waals surface area contributed by atoms with Gasteiger partial charge in [-0.25, -0.2) is 0 Å². The molecule has 0 bridgehead atoms. The van der Waals surface area contributed by atoms with Gasteiger partial charge in [0.25, 0.3) is 0 Å². The van der Waals surface area contributed by atoms with Crippen molar-refractivity contribution in [2.24, 2.45) is 0 Å². The molecule has 0 aliphatic rings. The molecule has 0 N–H and O–H groups in total. The molecule has 2 aromatic rings. The number of hydrogen-bond acceptors (Lipinski definition) is 2. The maximum Gasteiger partial charge on any atom is 0.0351 e. The summed E-state index contributed by atoms with van der Waals surface area (Å²) in [6.45, 7) is 42.1. The van der Waals surface area contributed by atoms with Gasteiger partial charge >= 0.3 is 0 Å². The molecule has 0 radical (unpaired) electrons. The van der Waals surface area contributed by atoms with E-state index in [1.165, 1.54) is 5.56 Å². The molecule has 2 rings (SSSR count). The Kier molecular flexibility index (Phi) is 434. The zero-order valence-electron chi connectivity index (χ0n) is 32.7. The Hall–Kier alpha value is -1.64. The third kappa shape index (κ3) is 281. The predicted molar refractivity (Wildman–Crippen MR) is 197 cm³/mol. The number of benzene rings is 2. The predicted octanol–water partition coefficient (Wildman–Crippen LogP) is 14.5. The normalized spacial score (nSPS) is 5.26. The van der Waals surface area contributed by atoms with Crippen molar-refractivity contribution in [3.63, 3.8) is 0 Å². The van der Waals surface area contributed by atoms with Gasteiger partial charge in [0, 0.05) is 28.4 Å². The molecular weight excluding hydrogens is 476 g/mol. The lowest BCUT2D eigenvalue weighted by Crippen LogP contribution is -1.62. The highest BCUT2D eigenvalue weighted by molar-refractivity contribution is 5.11. The van der Waals surface area contributed by atoms with Crippen LogP contribution in [0.5, 0.6) is 0 Å². The Bertz CT molecular complexity index is 306. The Morgan fingerprint density at radius 1 is 0.282 bits per heavy atom. The summed E-state index contributed by atoms with van der Waals surface area (Å²) in [5.41, 5.74) is 1.32. The van der Waals surface area contributed by atoms with Crippen LogP contribution in [0.1, 0.15) is 144 Å². The van der Waals surface area contributed by atoms with Crippen molar-refractivity contribution >= 4 is 0 Å². The van der Waals surface area contributed by atoms with E-state index in [2.05, 4.69) is 28.5 Å². The van der Waals surface area contributed by atoms with Gasteiger partial charge in [-0.2, -0.15) is 0 Å². The average Bonchev–Trinajstić information content (AvgIpc) is 3.09. The molecule has 0 aromatic heterocycles. The van der Waals surface area contributed by atoms with Gasteiger partial charge in [-0.1, -0.05) is 211 Å². The second kappa shape index (κ2) is 220. The minimum Gasteiger partial charge on any atom is -0.388 e. The van der Waals surface area contributed by atoms with Crippen molar-refractivity contribution in [3.8, 4) is 0 Å². The molecule has 0 fully saturated rings. The average molecular weight is 563 g/mol. The van der Waals surface area contributed by atoms with E-state index in [0.29, 0.717) is 0 Å². The lowest BCUT2D eigenvalue weighted by molar-refractivity contribution is 0.277. The number of aryl methyl sites for hydroxylation is 1. The number of ether oxygens (including phenoxy) is 2. The van der Waals surface area contributed by atoms with Crippen LogP contribution in [0.2, 0.25) is 0 Å². The molecule has 39 heavy (non-hydrogen) atoms. The van der Waals surface area contributed by atoms with Crippen molar-refractivity contribution in [1.29, 1.82) is 0 Å². The molecule has 0 saturated carbocycles. The highest BCUT2D eigenvalue weighted by atomic mass is 16.5. The van der Waals surface area contributed by atoms with Crippen LogP contribution in [-0.2, 0) is 9.47 Å². The molecule has 0 aliphatic carbocycles. The quantitative estimate of drug-likeness (QED) is 0.318. The maximum atomic E-state index is 4.25. The fourth-order valence-electron chi connectivity index (χ4n) is 0.919. The third-order valence-electron chi connectivity index (χ3n) is 1.61. The fraction of sp³-hybridized carbons (Fsp3) is 0.676. The van der Waals surface area contributed by atoms with Crippen LogP contribution in [0, 0.1) is 6.92 Å². The van der Waals surface area contributed by atoms with Crippen LogP contribution in [0.25, 0.3) is 0 Å². The molecule has 2 heteroatoms. The van der Waals surface area contributed by atoms with E-state index in [9.17, 15) is 0 Å². The molecule has 0 heterocycles. The zero-order chi connectivity index (χ0) is 34.8. The number of hydrogen-bond donors (Lipinski definition) is 0. The fourth-order valence-corrected chi connectivity index (χ4v) is 0.919. The SMILES string of the molecule is CC.CC.CC.CC.CC.CC.CC.CC.CC.CC.COC.COC.Cc1ccccc1.c1ccccc1. The van der Waals surface area contributed by atoms with Crippen LogP contribution in [-0.4, -0.2) is 28.4 Å². The largest absolute Gasteiger partial charge is 0.388 e. The van der Waals surface area contributed by atoms with Crippen molar-refractivity contribution < 1.29 is 9.47 Å². The maximum absolute atomic E-state index is 4.25.